The van der Waals surface area contributed by atoms with Crippen LogP contribution in [-0.4, -0.2) is 15.9 Å². The van der Waals surface area contributed by atoms with Crippen LogP contribution in [0.2, 0.25) is 0 Å². The summed E-state index contributed by atoms with van der Waals surface area (Å²) in [4.78, 5) is 20.5. The number of carbonyl (C=O) groups is 1. The lowest BCUT2D eigenvalue weighted by Crippen LogP contribution is -2.12. The Morgan fingerprint density at radius 1 is 0.957 bits per heavy atom. The van der Waals surface area contributed by atoms with Crippen LogP contribution in [0, 0.1) is 12.7 Å². The van der Waals surface area contributed by atoms with Crippen LogP contribution in [0.25, 0.3) is 11.4 Å². The van der Waals surface area contributed by atoms with E-state index in [2.05, 4.69) is 15.3 Å². The summed E-state index contributed by atoms with van der Waals surface area (Å²) in [6.07, 6.45) is 2.91. The highest BCUT2D eigenvalue weighted by Crippen LogP contribution is 2.15. The standard InChI is InChI=1S/C18H14FN3O/c1-12-2-8-16(9-3-12)22-18(23)14-10-20-17(21-11-14)13-4-6-15(19)7-5-13/h2-11H,1H3,(H,22,23). The molecule has 0 aliphatic carbocycles. The number of rotatable bonds is 3. The average Bonchev–Trinajstić information content (AvgIpc) is 2.58. The van der Waals surface area contributed by atoms with Crippen LogP contribution < -0.4 is 5.32 Å². The van der Waals surface area contributed by atoms with Gasteiger partial charge >= 0.3 is 0 Å². The van der Waals surface area contributed by atoms with Gasteiger partial charge in [0.25, 0.3) is 5.91 Å². The fourth-order valence-corrected chi connectivity index (χ4v) is 2.03. The minimum atomic E-state index is -0.317. The number of hydrogen-bond acceptors (Lipinski definition) is 3. The van der Waals surface area contributed by atoms with Gasteiger partial charge in [-0.25, -0.2) is 14.4 Å². The Hall–Kier alpha value is -3.08. The summed E-state index contributed by atoms with van der Waals surface area (Å²) in [5.41, 5.74) is 2.88. The first-order valence-electron chi connectivity index (χ1n) is 7.08. The Labute approximate surface area is 133 Å². The predicted octanol–water partition coefficient (Wildman–Crippen LogP) is 3.84. The summed E-state index contributed by atoms with van der Waals surface area (Å²) >= 11 is 0. The number of amides is 1. The first-order chi connectivity index (χ1) is 11.1. The van der Waals surface area contributed by atoms with Crippen LogP contribution in [0.5, 0.6) is 0 Å². The molecule has 0 radical (unpaired) electrons. The Kier molecular flexibility index (Phi) is 4.10. The second kappa shape index (κ2) is 6.36. The Balaban J connectivity index is 1.74. The molecule has 1 heterocycles. The highest BCUT2D eigenvalue weighted by Gasteiger charge is 2.08. The maximum absolute atomic E-state index is 12.9. The van der Waals surface area contributed by atoms with Crippen molar-refractivity contribution in [2.75, 3.05) is 5.32 Å². The van der Waals surface area contributed by atoms with Gasteiger partial charge in [-0.2, -0.15) is 0 Å². The minimum Gasteiger partial charge on any atom is -0.322 e. The molecule has 114 valence electrons. The number of carbonyl (C=O) groups excluding carboxylic acids is 1. The van der Waals surface area contributed by atoms with Crippen LogP contribution in [0.1, 0.15) is 15.9 Å². The van der Waals surface area contributed by atoms with Crippen molar-refractivity contribution in [1.29, 1.82) is 0 Å². The summed E-state index contributed by atoms with van der Waals surface area (Å²) in [6, 6.07) is 13.4. The van der Waals surface area contributed by atoms with Gasteiger partial charge in [-0.1, -0.05) is 17.7 Å². The number of halogens is 1. The number of anilines is 1. The molecule has 4 nitrogen and oxygen atoms in total. The molecule has 0 spiro atoms. The molecule has 0 fully saturated rings. The zero-order valence-corrected chi connectivity index (χ0v) is 12.5. The molecular formula is C18H14FN3O. The number of aromatic nitrogens is 2. The molecule has 0 unspecified atom stereocenters. The van der Waals surface area contributed by atoms with Gasteiger partial charge in [0.2, 0.25) is 0 Å². The molecule has 0 aliphatic heterocycles. The van der Waals surface area contributed by atoms with E-state index in [-0.39, 0.29) is 11.7 Å². The smallest absolute Gasteiger partial charge is 0.258 e. The highest BCUT2D eigenvalue weighted by atomic mass is 19.1. The molecular weight excluding hydrogens is 293 g/mol. The topological polar surface area (TPSA) is 54.9 Å². The third-order valence-electron chi connectivity index (χ3n) is 3.33. The van der Waals surface area contributed by atoms with Gasteiger partial charge in [0.15, 0.2) is 5.82 Å². The third-order valence-corrected chi connectivity index (χ3v) is 3.33. The van der Waals surface area contributed by atoms with E-state index in [0.717, 1.165) is 5.56 Å². The summed E-state index contributed by atoms with van der Waals surface area (Å²) in [6.45, 7) is 1.98. The molecule has 0 aliphatic rings. The summed E-state index contributed by atoms with van der Waals surface area (Å²) in [5, 5.41) is 2.78. The molecule has 1 aromatic heterocycles. The van der Waals surface area contributed by atoms with E-state index in [9.17, 15) is 9.18 Å². The quantitative estimate of drug-likeness (QED) is 0.799. The normalized spacial score (nSPS) is 10.3. The van der Waals surface area contributed by atoms with Crippen molar-refractivity contribution in [3.8, 4) is 11.4 Å². The number of benzene rings is 2. The monoisotopic (exact) mass is 307 g/mol. The van der Waals surface area contributed by atoms with E-state index < -0.39 is 0 Å². The molecule has 2 aromatic carbocycles. The lowest BCUT2D eigenvalue weighted by atomic mass is 10.2. The van der Waals surface area contributed by atoms with E-state index in [0.29, 0.717) is 22.6 Å². The van der Waals surface area contributed by atoms with Crippen molar-refractivity contribution in [2.24, 2.45) is 0 Å². The van der Waals surface area contributed by atoms with Crippen molar-refractivity contribution in [3.63, 3.8) is 0 Å². The molecule has 1 amide bonds. The van der Waals surface area contributed by atoms with Crippen LogP contribution in [0.15, 0.2) is 60.9 Å². The lowest BCUT2D eigenvalue weighted by molar-refractivity contribution is 0.102. The van der Waals surface area contributed by atoms with Crippen molar-refractivity contribution >= 4 is 11.6 Å². The molecule has 23 heavy (non-hydrogen) atoms. The van der Waals surface area contributed by atoms with Crippen LogP contribution in [-0.2, 0) is 0 Å². The summed E-state index contributed by atoms with van der Waals surface area (Å²) in [5.74, 6) is -0.153. The molecule has 0 saturated carbocycles. The van der Waals surface area contributed by atoms with E-state index in [1.807, 2.05) is 31.2 Å². The van der Waals surface area contributed by atoms with E-state index in [1.54, 1.807) is 12.1 Å². The highest BCUT2D eigenvalue weighted by molar-refractivity contribution is 6.03. The van der Waals surface area contributed by atoms with E-state index >= 15 is 0 Å². The van der Waals surface area contributed by atoms with E-state index in [4.69, 9.17) is 0 Å². The minimum absolute atomic E-state index is 0.278. The van der Waals surface area contributed by atoms with Gasteiger partial charge in [-0.15, -0.1) is 0 Å². The molecule has 3 rings (SSSR count). The SMILES string of the molecule is Cc1ccc(NC(=O)c2cnc(-c3ccc(F)cc3)nc2)cc1. The second-order valence-electron chi connectivity index (χ2n) is 5.12. The van der Waals surface area contributed by atoms with Crippen LogP contribution >= 0.6 is 0 Å². The lowest BCUT2D eigenvalue weighted by Gasteiger charge is -2.06. The summed E-state index contributed by atoms with van der Waals surface area (Å²) in [7, 11) is 0. The van der Waals surface area contributed by atoms with Crippen molar-refractivity contribution in [2.45, 2.75) is 6.92 Å². The molecule has 0 saturated heterocycles. The fraction of sp³-hybridized carbons (Fsp3) is 0.0556. The first-order valence-corrected chi connectivity index (χ1v) is 7.08. The number of hydrogen-bond donors (Lipinski definition) is 1. The Morgan fingerprint density at radius 2 is 1.57 bits per heavy atom. The van der Waals surface area contributed by atoms with Gasteiger partial charge in [-0.3, -0.25) is 4.79 Å². The third kappa shape index (κ3) is 3.58. The molecule has 1 N–H and O–H groups in total. The van der Waals surface area contributed by atoms with Gasteiger partial charge in [0.1, 0.15) is 5.82 Å². The van der Waals surface area contributed by atoms with Crippen molar-refractivity contribution in [1.82, 2.24) is 9.97 Å². The molecule has 0 bridgehead atoms. The zero-order chi connectivity index (χ0) is 16.2. The Morgan fingerprint density at radius 3 is 2.17 bits per heavy atom. The largest absolute Gasteiger partial charge is 0.322 e. The van der Waals surface area contributed by atoms with Gasteiger partial charge in [-0.05, 0) is 43.3 Å². The number of nitrogens with one attached hydrogen (secondary N) is 1. The molecule has 3 aromatic rings. The summed E-state index contributed by atoms with van der Waals surface area (Å²) < 4.78 is 12.9. The van der Waals surface area contributed by atoms with Gasteiger partial charge in [0.05, 0.1) is 5.56 Å². The number of nitrogens with zero attached hydrogens (tertiary/aromatic N) is 2. The number of aryl methyl sites for hydroxylation is 1. The predicted molar refractivity (Wildman–Crippen MR) is 86.6 cm³/mol. The van der Waals surface area contributed by atoms with Gasteiger partial charge < -0.3 is 5.32 Å². The van der Waals surface area contributed by atoms with Crippen LogP contribution in [0.3, 0.4) is 0 Å². The fourth-order valence-electron chi connectivity index (χ4n) is 2.03. The van der Waals surface area contributed by atoms with Crippen molar-refractivity contribution in [3.05, 3.63) is 77.9 Å². The van der Waals surface area contributed by atoms with Gasteiger partial charge in [0, 0.05) is 23.6 Å². The average molecular weight is 307 g/mol. The Bertz CT molecular complexity index is 812. The second-order valence-corrected chi connectivity index (χ2v) is 5.12. The van der Waals surface area contributed by atoms with Crippen LogP contribution in [0.4, 0.5) is 10.1 Å². The van der Waals surface area contributed by atoms with Crippen molar-refractivity contribution < 1.29 is 9.18 Å². The van der Waals surface area contributed by atoms with E-state index in [1.165, 1.54) is 24.5 Å². The molecule has 5 heteroatoms. The maximum atomic E-state index is 12.9. The maximum Gasteiger partial charge on any atom is 0.258 e. The molecule has 0 atom stereocenters. The first kappa shape index (κ1) is 14.8. The zero-order valence-electron chi connectivity index (χ0n) is 12.5.